The zero-order chi connectivity index (χ0) is 32.6. The van der Waals surface area contributed by atoms with E-state index in [4.69, 9.17) is 4.74 Å². The Morgan fingerprint density at radius 2 is 1.32 bits per heavy atom. The lowest BCUT2D eigenvalue weighted by Gasteiger charge is -2.45. The number of amides is 4. The number of carbonyl (C=O) groups is 4. The summed E-state index contributed by atoms with van der Waals surface area (Å²) in [5.74, 6) is -3.62. The molecule has 0 spiro atoms. The van der Waals surface area contributed by atoms with Gasteiger partial charge in [-0.15, -0.1) is 0 Å². The maximum absolute atomic E-state index is 14.4. The van der Waals surface area contributed by atoms with Crippen molar-refractivity contribution in [2.45, 2.75) is 46.0 Å². The Balaban J connectivity index is 1.20. The Morgan fingerprint density at radius 1 is 0.723 bits per heavy atom. The number of ether oxygens (including phenoxy) is 1. The van der Waals surface area contributed by atoms with Gasteiger partial charge in [-0.25, -0.2) is 0 Å². The molecule has 1 N–H and O–H groups in total. The number of phenols is 1. The van der Waals surface area contributed by atoms with E-state index in [1.54, 1.807) is 24.5 Å². The normalized spacial score (nSPS) is 27.9. The molecule has 8 rings (SSSR count). The van der Waals surface area contributed by atoms with E-state index in [1.807, 2.05) is 48.5 Å². The lowest BCUT2D eigenvalue weighted by atomic mass is 9.56. The summed E-state index contributed by atoms with van der Waals surface area (Å²) in [7, 11) is 0. The maximum atomic E-state index is 14.4. The van der Waals surface area contributed by atoms with Gasteiger partial charge < -0.3 is 9.84 Å². The summed E-state index contributed by atoms with van der Waals surface area (Å²) in [5.41, 5.74) is 5.86. The van der Waals surface area contributed by atoms with Crippen LogP contribution in [0, 0.1) is 35.5 Å². The highest BCUT2D eigenvalue weighted by Crippen LogP contribution is 2.58. The summed E-state index contributed by atoms with van der Waals surface area (Å²) in [6.07, 6.45) is 6.54. The molecule has 0 radical (unpaired) electrons. The molecule has 1 saturated carbocycles. The van der Waals surface area contributed by atoms with Gasteiger partial charge in [-0.05, 0) is 90.8 Å². The molecule has 238 valence electrons. The summed E-state index contributed by atoms with van der Waals surface area (Å²) in [6.45, 7) is 4.11. The van der Waals surface area contributed by atoms with Crippen molar-refractivity contribution >= 4 is 35.0 Å². The summed E-state index contributed by atoms with van der Waals surface area (Å²) in [4.78, 5) is 59.5. The molecule has 3 aromatic carbocycles. The van der Waals surface area contributed by atoms with Gasteiger partial charge >= 0.3 is 0 Å². The Bertz CT molecular complexity index is 1890. The molecule has 3 fully saturated rings. The Kier molecular flexibility index (Phi) is 6.93. The van der Waals surface area contributed by atoms with Gasteiger partial charge in [0.05, 0.1) is 41.3 Å². The molecular weight excluding hydrogens is 592 g/mol. The monoisotopic (exact) mass is 628 g/mol. The number of aromatic hydroxyl groups is 1. The fraction of sp³-hybridized carbons (Fsp3) is 0.333. The number of benzene rings is 3. The predicted molar refractivity (Wildman–Crippen MR) is 175 cm³/mol. The van der Waals surface area contributed by atoms with Crippen LogP contribution in [0.3, 0.4) is 0 Å². The number of rotatable bonds is 5. The molecule has 2 saturated heterocycles. The molecule has 3 aliphatic heterocycles. The first-order chi connectivity index (χ1) is 22.8. The van der Waals surface area contributed by atoms with Crippen LogP contribution in [0.2, 0.25) is 0 Å². The number of phenolic OH excluding ortho intramolecular Hbond substituents is 1. The van der Waals surface area contributed by atoms with Crippen LogP contribution in [-0.4, -0.2) is 28.7 Å². The van der Waals surface area contributed by atoms with Crippen molar-refractivity contribution in [1.82, 2.24) is 0 Å². The van der Waals surface area contributed by atoms with Crippen LogP contribution in [0.25, 0.3) is 0 Å². The van der Waals surface area contributed by atoms with E-state index in [0.717, 1.165) is 40.7 Å². The fourth-order valence-corrected chi connectivity index (χ4v) is 8.68. The Morgan fingerprint density at radius 3 is 1.94 bits per heavy atom. The quantitative estimate of drug-likeness (QED) is 0.278. The van der Waals surface area contributed by atoms with Crippen LogP contribution in [0.15, 0.2) is 90.2 Å². The largest absolute Gasteiger partial charge is 0.508 e. The smallest absolute Gasteiger partial charge is 0.238 e. The van der Waals surface area contributed by atoms with Gasteiger partial charge in [0.2, 0.25) is 23.6 Å². The van der Waals surface area contributed by atoms with E-state index in [-0.39, 0.29) is 35.3 Å². The van der Waals surface area contributed by atoms with Crippen molar-refractivity contribution in [3.8, 4) is 11.5 Å². The minimum absolute atomic E-state index is 0.115. The molecule has 6 atom stereocenters. The lowest BCUT2D eigenvalue weighted by Crippen LogP contribution is -2.45. The number of hydrogen-bond acceptors (Lipinski definition) is 6. The second kappa shape index (κ2) is 11.1. The summed E-state index contributed by atoms with van der Waals surface area (Å²) < 4.78 is 6.05. The molecular formula is C39H36N2O6. The van der Waals surface area contributed by atoms with Gasteiger partial charge in [-0.3, -0.25) is 29.0 Å². The van der Waals surface area contributed by atoms with Crippen LogP contribution in [-0.2, 0) is 38.4 Å². The van der Waals surface area contributed by atoms with Crippen LogP contribution < -0.4 is 14.5 Å². The zero-order valence-electron chi connectivity index (χ0n) is 26.4. The molecule has 2 aliphatic carbocycles. The van der Waals surface area contributed by atoms with Crippen molar-refractivity contribution in [1.29, 1.82) is 0 Å². The Hall–Kier alpha value is -4.98. The third-order valence-electron chi connectivity index (χ3n) is 11.0. The van der Waals surface area contributed by atoms with Gasteiger partial charge in [0.1, 0.15) is 11.5 Å². The fourth-order valence-electron chi connectivity index (χ4n) is 8.68. The molecule has 0 aromatic heterocycles. The van der Waals surface area contributed by atoms with E-state index in [1.165, 1.54) is 9.80 Å². The Labute approximate surface area is 273 Å². The average Bonchev–Trinajstić information content (AvgIpc) is 3.50. The highest BCUT2D eigenvalue weighted by Gasteiger charge is 2.62. The van der Waals surface area contributed by atoms with E-state index in [0.29, 0.717) is 36.4 Å². The number of anilines is 2. The van der Waals surface area contributed by atoms with Gasteiger partial charge in [0.25, 0.3) is 0 Å². The molecule has 47 heavy (non-hydrogen) atoms. The highest BCUT2D eigenvalue weighted by molar-refractivity contribution is 6.24. The van der Waals surface area contributed by atoms with Crippen molar-refractivity contribution in [3.05, 3.63) is 107 Å². The van der Waals surface area contributed by atoms with Gasteiger partial charge in [-0.2, -0.15) is 0 Å². The van der Waals surface area contributed by atoms with E-state index >= 15 is 0 Å². The predicted octanol–water partition coefficient (Wildman–Crippen LogP) is 5.91. The first-order valence-corrected chi connectivity index (χ1v) is 16.6. The van der Waals surface area contributed by atoms with E-state index < -0.39 is 29.6 Å². The van der Waals surface area contributed by atoms with Crippen molar-refractivity contribution in [2.75, 3.05) is 9.80 Å². The molecule has 6 unspecified atom stereocenters. The van der Waals surface area contributed by atoms with Crippen molar-refractivity contribution in [3.63, 3.8) is 0 Å². The summed E-state index contributed by atoms with van der Waals surface area (Å²) >= 11 is 0. The lowest BCUT2D eigenvalue weighted by molar-refractivity contribution is -0.126. The van der Waals surface area contributed by atoms with Crippen LogP contribution >= 0.6 is 0 Å². The third kappa shape index (κ3) is 4.48. The minimum atomic E-state index is -0.675. The number of carbonyl (C=O) groups excluding carboxylic acids is 4. The van der Waals surface area contributed by atoms with Crippen LogP contribution in [0.5, 0.6) is 11.5 Å². The second-order valence-electron chi connectivity index (χ2n) is 13.4. The number of imide groups is 2. The van der Waals surface area contributed by atoms with E-state index in [2.05, 4.69) is 19.9 Å². The molecule has 8 nitrogen and oxygen atoms in total. The summed E-state index contributed by atoms with van der Waals surface area (Å²) in [5, 5.41) is 10.2. The molecule has 8 heteroatoms. The molecule has 0 bridgehead atoms. The van der Waals surface area contributed by atoms with E-state index in [9.17, 15) is 24.3 Å². The molecule has 3 heterocycles. The van der Waals surface area contributed by atoms with Gasteiger partial charge in [-0.1, -0.05) is 49.8 Å². The molecule has 4 amide bonds. The number of fused-ring (bicyclic) bond motifs is 5. The average molecular weight is 629 g/mol. The minimum Gasteiger partial charge on any atom is -0.508 e. The van der Waals surface area contributed by atoms with Crippen molar-refractivity contribution in [2.24, 2.45) is 35.5 Å². The van der Waals surface area contributed by atoms with Crippen LogP contribution in [0.4, 0.5) is 11.4 Å². The number of nitrogens with zero attached hydrogens (tertiary/aromatic N) is 2. The number of allylic oxidation sites excluding steroid dienone is 3. The molecule has 5 aliphatic rings. The first kappa shape index (κ1) is 29.4. The third-order valence-corrected chi connectivity index (χ3v) is 11.0. The maximum Gasteiger partial charge on any atom is 0.238 e. The second-order valence-corrected chi connectivity index (χ2v) is 13.4. The van der Waals surface area contributed by atoms with Gasteiger partial charge in [0.15, 0.2) is 0 Å². The standard InChI is InChI=1S/C39H36N2O6/c1-3-21-5-9-25(10-6-21)40-36(43)29-15-14-28-30(34(29)38(40)45)19-31-35(33(28)24-17-23-18-27(42)13-16-32(23)47-20-24)39(46)41(37(31)44)26-11-7-22(4-2)8-12-26/h5-14,16,18,20,29-31,33-35,42H,3-4,15,17,19H2,1-2H3. The molecule has 3 aromatic rings. The van der Waals surface area contributed by atoms with Crippen molar-refractivity contribution < 1.29 is 29.0 Å². The first-order valence-electron chi connectivity index (χ1n) is 16.6. The SMILES string of the molecule is CCc1ccc(N2C(=O)C3CC=C4C(CC5C(=O)N(c6ccc(CC)cc6)C(=O)C5C4C4=COc5ccc(O)cc5C4)C3C2=O)cc1. The number of aryl methyl sites for hydroxylation is 2. The van der Waals surface area contributed by atoms with Crippen LogP contribution in [0.1, 0.15) is 43.4 Å². The topological polar surface area (TPSA) is 104 Å². The highest BCUT2D eigenvalue weighted by atomic mass is 16.5. The number of hydrogen-bond donors (Lipinski definition) is 1. The van der Waals surface area contributed by atoms with Gasteiger partial charge in [0, 0.05) is 17.9 Å². The summed E-state index contributed by atoms with van der Waals surface area (Å²) in [6, 6.07) is 20.0. The zero-order valence-corrected chi connectivity index (χ0v) is 26.4.